The molecule has 0 unspecified atom stereocenters. The maximum absolute atomic E-state index is 11.7. The number of piperazine rings is 3. The molecule has 5 heterocycles. The summed E-state index contributed by atoms with van der Waals surface area (Å²) in [6.45, 7) is 14.2. The van der Waals surface area contributed by atoms with Crippen molar-refractivity contribution in [3.8, 4) is 0 Å². The largest absolute Gasteiger partial charge is 0.545 e. The highest BCUT2D eigenvalue weighted by molar-refractivity contribution is 6.33. The van der Waals surface area contributed by atoms with Gasteiger partial charge in [-0.3, -0.25) is 0 Å². The fraction of sp³-hybridized carbons (Fsp3) is 0.556. The van der Waals surface area contributed by atoms with Crippen LogP contribution in [0.3, 0.4) is 0 Å². The van der Waals surface area contributed by atoms with Crippen molar-refractivity contribution >= 4 is 46.8 Å². The van der Waals surface area contributed by atoms with Crippen LogP contribution >= 0.6 is 23.2 Å². The number of aromatic carboxylic acids is 1. The number of ether oxygens (including phenoxy) is 1. The van der Waals surface area contributed by atoms with Gasteiger partial charge in [0.25, 0.3) is 0 Å². The van der Waals surface area contributed by atoms with Crippen molar-refractivity contribution < 1.29 is 24.7 Å². The number of halogens is 2. The number of nitrogens with zero attached hydrogens (tertiary/aromatic N) is 4. The van der Waals surface area contributed by atoms with Crippen molar-refractivity contribution in [3.05, 3.63) is 45.7 Å². The molecule has 2 aromatic rings. The molecule has 14 heteroatoms. The maximum Gasteiger partial charge on any atom is 0.339 e. The van der Waals surface area contributed by atoms with Crippen molar-refractivity contribution in [2.75, 3.05) is 94.9 Å². The van der Waals surface area contributed by atoms with Gasteiger partial charge in [-0.1, -0.05) is 30.1 Å². The molecular weight excluding hydrogens is 571 g/mol. The second kappa shape index (κ2) is 17.9. The van der Waals surface area contributed by atoms with Crippen LogP contribution in [0.2, 0.25) is 10.0 Å². The molecule has 5 N–H and O–H groups in total. The van der Waals surface area contributed by atoms with Gasteiger partial charge in [-0.05, 0) is 18.6 Å². The summed E-state index contributed by atoms with van der Waals surface area (Å²) in [5.41, 5.74) is 0.404. The molecule has 3 aliphatic rings. The van der Waals surface area contributed by atoms with E-state index >= 15 is 0 Å². The molecule has 0 aromatic carbocycles. The Morgan fingerprint density at radius 2 is 1.32 bits per heavy atom. The first kappa shape index (κ1) is 32.8. The normalized spacial score (nSPS) is 17.0. The number of anilines is 2. The molecule has 5 rings (SSSR count). The summed E-state index contributed by atoms with van der Waals surface area (Å²) in [7, 11) is 0. The second-order valence-corrected chi connectivity index (χ2v) is 10.4. The van der Waals surface area contributed by atoms with E-state index in [0.29, 0.717) is 28.0 Å². The maximum atomic E-state index is 11.7. The summed E-state index contributed by atoms with van der Waals surface area (Å²) < 4.78 is 5.06. The van der Waals surface area contributed by atoms with Gasteiger partial charge in [-0.2, -0.15) is 0 Å². The molecule has 0 atom stereocenters. The number of nitrogens with two attached hydrogens (primary N) is 1. The van der Waals surface area contributed by atoms with Crippen molar-refractivity contribution in [1.29, 1.82) is 0 Å². The van der Waals surface area contributed by atoms with Gasteiger partial charge in [-0.15, -0.1) is 0 Å². The van der Waals surface area contributed by atoms with E-state index in [2.05, 4.69) is 36.1 Å². The van der Waals surface area contributed by atoms with Crippen molar-refractivity contribution in [3.63, 3.8) is 0 Å². The van der Waals surface area contributed by atoms with Gasteiger partial charge in [0.15, 0.2) is 0 Å². The molecule has 0 spiro atoms. The zero-order valence-electron chi connectivity index (χ0n) is 23.5. The first-order valence-electron chi connectivity index (χ1n) is 14.0. The predicted molar refractivity (Wildman–Crippen MR) is 158 cm³/mol. The van der Waals surface area contributed by atoms with Crippen LogP contribution in [-0.4, -0.2) is 107 Å². The number of aromatic nitrogens is 2. The Bertz CT molecular complexity index is 1100. The highest BCUT2D eigenvalue weighted by Crippen LogP contribution is 2.25. The van der Waals surface area contributed by atoms with E-state index in [1.54, 1.807) is 6.07 Å². The number of esters is 1. The molecular formula is C27H40Cl2N8O4. The average Bonchev–Trinajstić information content (AvgIpc) is 3.02. The minimum absolute atomic E-state index is 0.00360. The Kier molecular flexibility index (Phi) is 14.3. The van der Waals surface area contributed by atoms with E-state index in [4.69, 9.17) is 27.9 Å². The monoisotopic (exact) mass is 610 g/mol. The van der Waals surface area contributed by atoms with Crippen molar-refractivity contribution in [1.82, 2.24) is 25.9 Å². The molecule has 0 aliphatic carbocycles. The van der Waals surface area contributed by atoms with Crippen LogP contribution in [0, 0.1) is 0 Å². The number of carboxylic acids is 1. The van der Waals surface area contributed by atoms with Crippen molar-refractivity contribution in [2.24, 2.45) is 0 Å². The van der Waals surface area contributed by atoms with E-state index in [9.17, 15) is 14.7 Å². The first-order chi connectivity index (χ1) is 19.9. The van der Waals surface area contributed by atoms with E-state index in [1.165, 1.54) is 44.6 Å². The molecule has 41 heavy (non-hydrogen) atoms. The van der Waals surface area contributed by atoms with E-state index in [0.717, 1.165) is 64.6 Å². The van der Waals surface area contributed by atoms with Crippen LogP contribution in [-0.2, 0) is 4.74 Å². The van der Waals surface area contributed by atoms with Crippen LogP contribution < -0.4 is 36.2 Å². The Morgan fingerprint density at radius 1 is 0.854 bits per heavy atom. The first-order valence-corrected chi connectivity index (χ1v) is 14.8. The second-order valence-electron chi connectivity index (χ2n) is 9.57. The summed E-state index contributed by atoms with van der Waals surface area (Å²) in [5.74, 6) is -0.271. The number of nitrogens with one attached hydrogen (secondary N) is 3. The summed E-state index contributed by atoms with van der Waals surface area (Å²) in [4.78, 5) is 34.8. The lowest BCUT2D eigenvalue weighted by molar-refractivity contribution is -0.657. The number of carboxylic acid groups (broad SMARTS) is 1. The van der Waals surface area contributed by atoms with Gasteiger partial charge in [0.2, 0.25) is 0 Å². The van der Waals surface area contributed by atoms with E-state index in [1.807, 2.05) is 11.8 Å². The quantitative estimate of drug-likeness (QED) is 0.309. The lowest BCUT2D eigenvalue weighted by Gasteiger charge is -2.29. The molecule has 3 aliphatic heterocycles. The van der Waals surface area contributed by atoms with Crippen LogP contribution in [0.1, 0.15) is 34.1 Å². The number of hydrogen-bond donors (Lipinski definition) is 4. The standard InChI is InChI=1S/C13H18ClN3O2.C10H12ClN3O2.C4H10N2/c1-2-7-19-13(18)10-8-11(14)12(16-9-10)17-5-3-15-4-6-17;11-8-5-7(10(15)16)6-13-9(8)14-3-1-12-2-4-14;1-2-6-4-3-5-1/h8-9,15H,2-7H2,1H3;5-6,12H,1-4H2,(H,15,16);5-6H,1-4H2. The molecule has 0 amide bonds. The minimum atomic E-state index is -1.26. The lowest BCUT2D eigenvalue weighted by Crippen LogP contribution is -2.89. The number of hydrogen-bond acceptors (Lipinski definition) is 11. The number of rotatable bonds is 6. The van der Waals surface area contributed by atoms with Gasteiger partial charge in [-0.25, -0.2) is 14.8 Å². The minimum Gasteiger partial charge on any atom is -0.545 e. The van der Waals surface area contributed by atoms with E-state index < -0.39 is 5.97 Å². The molecule has 0 bridgehead atoms. The molecule has 226 valence electrons. The summed E-state index contributed by atoms with van der Waals surface area (Å²) in [6, 6.07) is 3.01. The lowest BCUT2D eigenvalue weighted by atomic mass is 10.2. The number of carbonyl (C=O) groups is 2. The molecule has 3 saturated heterocycles. The molecule has 2 aromatic heterocycles. The highest BCUT2D eigenvalue weighted by Gasteiger charge is 2.18. The Labute approximate surface area is 251 Å². The third-order valence-electron chi connectivity index (χ3n) is 6.44. The smallest absolute Gasteiger partial charge is 0.339 e. The van der Waals surface area contributed by atoms with Crippen LogP contribution in [0.15, 0.2) is 24.5 Å². The van der Waals surface area contributed by atoms with Crippen LogP contribution in [0.4, 0.5) is 11.6 Å². The molecule has 0 saturated carbocycles. The van der Waals surface area contributed by atoms with Gasteiger partial charge < -0.3 is 45.7 Å². The number of carbonyl (C=O) groups excluding carboxylic acids is 2. The topological polar surface area (TPSA) is 151 Å². The zero-order valence-corrected chi connectivity index (χ0v) is 25.0. The van der Waals surface area contributed by atoms with Crippen LogP contribution in [0.5, 0.6) is 0 Å². The average molecular weight is 612 g/mol. The zero-order chi connectivity index (χ0) is 29.5. The third kappa shape index (κ3) is 10.9. The molecule has 0 radical (unpaired) electrons. The molecule has 3 fully saturated rings. The third-order valence-corrected chi connectivity index (χ3v) is 6.99. The highest BCUT2D eigenvalue weighted by atomic mass is 35.5. The summed E-state index contributed by atoms with van der Waals surface area (Å²) in [6.07, 6.45) is 3.60. The van der Waals surface area contributed by atoms with Gasteiger partial charge in [0, 0.05) is 83.4 Å². The summed E-state index contributed by atoms with van der Waals surface area (Å²) in [5, 5.41) is 23.5. The van der Waals surface area contributed by atoms with Gasteiger partial charge in [0.05, 0.1) is 41.3 Å². The fourth-order valence-corrected chi connectivity index (χ4v) is 4.83. The van der Waals surface area contributed by atoms with E-state index in [-0.39, 0.29) is 11.5 Å². The van der Waals surface area contributed by atoms with Gasteiger partial charge in [0.1, 0.15) is 11.6 Å². The Morgan fingerprint density at radius 3 is 1.71 bits per heavy atom. The van der Waals surface area contributed by atoms with Crippen molar-refractivity contribution in [2.45, 2.75) is 13.3 Å². The number of pyridine rings is 2. The van der Waals surface area contributed by atoms with Gasteiger partial charge >= 0.3 is 5.97 Å². The predicted octanol–water partition coefficient (Wildman–Crippen LogP) is -0.627. The Hall–Kier alpha value is -2.74. The SMILES string of the molecule is C1C[NH2+]CCN1.CCCOC(=O)c1cnc(N2CCNCC2)c(Cl)c1.O=C([O-])c1cnc(N2CCNCC2)c(Cl)c1. The summed E-state index contributed by atoms with van der Waals surface area (Å²) >= 11 is 12.2. The van der Waals surface area contributed by atoms with Crippen LogP contribution in [0.25, 0.3) is 0 Å². The Balaban J connectivity index is 0.000000189. The number of quaternary nitrogens is 1. The molecule has 12 nitrogen and oxygen atoms in total. The fourth-order valence-electron chi connectivity index (χ4n) is 4.26.